The van der Waals surface area contributed by atoms with Crippen LogP contribution in [0.2, 0.25) is 0 Å². The molecule has 9 heteroatoms. The molecule has 0 radical (unpaired) electrons. The van der Waals surface area contributed by atoms with Crippen molar-refractivity contribution >= 4 is 5.91 Å². The van der Waals surface area contributed by atoms with E-state index in [-0.39, 0.29) is 25.0 Å². The van der Waals surface area contributed by atoms with Crippen molar-refractivity contribution in [3.8, 4) is 0 Å². The van der Waals surface area contributed by atoms with Crippen molar-refractivity contribution in [3.05, 3.63) is 18.2 Å². The van der Waals surface area contributed by atoms with Crippen molar-refractivity contribution in [2.75, 3.05) is 39.4 Å². The van der Waals surface area contributed by atoms with Crippen LogP contribution in [-0.2, 0) is 23.1 Å². The predicted octanol–water partition coefficient (Wildman–Crippen LogP) is -0.0101. The zero-order valence-corrected chi connectivity index (χ0v) is 18.5. The molecule has 1 aliphatic rings. The van der Waals surface area contributed by atoms with Crippen LogP contribution in [0.4, 0.5) is 0 Å². The van der Waals surface area contributed by atoms with E-state index in [1.165, 1.54) is 0 Å². The van der Waals surface area contributed by atoms with Crippen LogP contribution in [0.3, 0.4) is 0 Å². The minimum absolute atomic E-state index is 0.0266. The standard InChI is InChI=1S/C21H38N4O5/c1-16(2)10-20(28)25-8-7-24(12-17-11-23(3)15-22-17)6-4-5-9-30-14-19(27)21(29)18(26)13-25/h11,15-16,18-19,21,26-27,29H,4-10,12-14H2,1-3H3/t18-,19+,21+/m0/s1. The number of hydrogen-bond donors (Lipinski definition) is 3. The van der Waals surface area contributed by atoms with Gasteiger partial charge in [0.2, 0.25) is 5.91 Å². The average molecular weight is 427 g/mol. The van der Waals surface area contributed by atoms with Crippen molar-refractivity contribution < 1.29 is 24.9 Å². The molecule has 30 heavy (non-hydrogen) atoms. The SMILES string of the molecule is CC(C)CC(=O)N1CCN(Cc2cn(C)cn2)CCCCOC[C@@H](O)[C@H](O)[C@@H](O)C1. The number of aryl methyl sites for hydroxylation is 1. The normalized spacial score (nSPS) is 26.0. The summed E-state index contributed by atoms with van der Waals surface area (Å²) < 4.78 is 7.37. The monoisotopic (exact) mass is 426 g/mol. The molecule has 0 aliphatic carbocycles. The molecular weight excluding hydrogens is 388 g/mol. The first-order valence-electron chi connectivity index (χ1n) is 10.8. The van der Waals surface area contributed by atoms with E-state index in [4.69, 9.17) is 4.74 Å². The molecule has 172 valence electrons. The van der Waals surface area contributed by atoms with Crippen molar-refractivity contribution in [2.24, 2.45) is 13.0 Å². The molecule has 0 unspecified atom stereocenters. The molecule has 0 aromatic carbocycles. The number of carbonyl (C=O) groups excluding carboxylic acids is 1. The number of rotatable bonds is 4. The molecule has 1 saturated heterocycles. The Bertz CT molecular complexity index is 639. The topological polar surface area (TPSA) is 111 Å². The first kappa shape index (κ1) is 24.7. The molecule has 0 saturated carbocycles. The van der Waals surface area contributed by atoms with Gasteiger partial charge in [-0.1, -0.05) is 13.8 Å². The van der Waals surface area contributed by atoms with Crippen LogP contribution in [-0.4, -0.2) is 98.3 Å². The summed E-state index contributed by atoms with van der Waals surface area (Å²) in [6, 6.07) is 0. The fourth-order valence-electron chi connectivity index (χ4n) is 3.54. The van der Waals surface area contributed by atoms with Gasteiger partial charge in [-0.25, -0.2) is 4.98 Å². The van der Waals surface area contributed by atoms with Crippen LogP contribution < -0.4 is 0 Å². The Balaban J connectivity index is 2.11. The maximum atomic E-state index is 12.8. The van der Waals surface area contributed by atoms with Crippen LogP contribution >= 0.6 is 0 Å². The third-order valence-corrected chi connectivity index (χ3v) is 5.26. The van der Waals surface area contributed by atoms with Gasteiger partial charge < -0.3 is 29.5 Å². The van der Waals surface area contributed by atoms with Crippen molar-refractivity contribution in [3.63, 3.8) is 0 Å². The van der Waals surface area contributed by atoms with E-state index in [1.807, 2.05) is 31.7 Å². The maximum absolute atomic E-state index is 12.8. The van der Waals surface area contributed by atoms with Crippen LogP contribution in [0, 0.1) is 5.92 Å². The number of β-amino-alcohol motifs (C(OH)–C–C–N with tert-alkyl or cyclic N) is 1. The molecule has 2 rings (SSSR count). The van der Waals surface area contributed by atoms with Gasteiger partial charge in [0.05, 0.1) is 18.6 Å². The zero-order chi connectivity index (χ0) is 22.1. The Morgan fingerprint density at radius 1 is 1.20 bits per heavy atom. The third kappa shape index (κ3) is 8.31. The first-order valence-corrected chi connectivity index (χ1v) is 10.8. The second-order valence-corrected chi connectivity index (χ2v) is 8.65. The van der Waals surface area contributed by atoms with Crippen LogP contribution in [0.15, 0.2) is 12.5 Å². The fraction of sp³-hybridized carbons (Fsp3) is 0.810. The lowest BCUT2D eigenvalue weighted by atomic mass is 10.1. The average Bonchev–Trinajstić information content (AvgIpc) is 3.09. The number of ether oxygens (including phenoxy) is 1. The minimum atomic E-state index is -1.37. The van der Waals surface area contributed by atoms with Gasteiger partial charge in [-0.3, -0.25) is 9.69 Å². The van der Waals surface area contributed by atoms with Crippen molar-refractivity contribution in [2.45, 2.75) is 58.0 Å². The van der Waals surface area contributed by atoms with Crippen LogP contribution in [0.1, 0.15) is 38.8 Å². The molecule has 1 amide bonds. The molecule has 0 bridgehead atoms. The summed E-state index contributed by atoms with van der Waals surface area (Å²) in [6.45, 7) is 6.94. The number of hydrogen-bond acceptors (Lipinski definition) is 7. The number of carbonyl (C=O) groups is 1. The highest BCUT2D eigenvalue weighted by Gasteiger charge is 2.29. The van der Waals surface area contributed by atoms with E-state index in [1.54, 1.807) is 11.2 Å². The summed E-state index contributed by atoms with van der Waals surface area (Å²) in [6.07, 6.45) is 2.06. The van der Waals surface area contributed by atoms with Gasteiger partial charge in [0.15, 0.2) is 0 Å². The van der Waals surface area contributed by atoms with Gasteiger partial charge in [0.1, 0.15) is 18.3 Å². The molecule has 0 spiro atoms. The largest absolute Gasteiger partial charge is 0.388 e. The van der Waals surface area contributed by atoms with Crippen molar-refractivity contribution in [1.82, 2.24) is 19.4 Å². The summed E-state index contributed by atoms with van der Waals surface area (Å²) >= 11 is 0. The third-order valence-electron chi connectivity index (χ3n) is 5.26. The maximum Gasteiger partial charge on any atom is 0.222 e. The Morgan fingerprint density at radius 3 is 2.63 bits per heavy atom. The molecule has 9 nitrogen and oxygen atoms in total. The van der Waals surface area contributed by atoms with E-state index in [9.17, 15) is 20.1 Å². The van der Waals surface area contributed by atoms with Gasteiger partial charge in [-0.05, 0) is 25.3 Å². The number of aromatic nitrogens is 2. The molecule has 1 aromatic heterocycles. The number of aliphatic hydroxyl groups excluding tert-OH is 3. The molecule has 3 atom stereocenters. The lowest BCUT2D eigenvalue weighted by Gasteiger charge is -2.32. The predicted molar refractivity (Wildman–Crippen MR) is 113 cm³/mol. The highest BCUT2D eigenvalue weighted by molar-refractivity contribution is 5.76. The Labute approximate surface area is 179 Å². The van der Waals surface area contributed by atoms with Crippen LogP contribution in [0.5, 0.6) is 0 Å². The fourth-order valence-corrected chi connectivity index (χ4v) is 3.54. The number of nitrogens with zero attached hydrogens (tertiary/aromatic N) is 4. The van der Waals surface area contributed by atoms with E-state index >= 15 is 0 Å². The number of amides is 1. The minimum Gasteiger partial charge on any atom is -0.388 e. The molecular formula is C21H38N4O5. The molecule has 1 fully saturated rings. The van der Waals surface area contributed by atoms with E-state index < -0.39 is 18.3 Å². The van der Waals surface area contributed by atoms with E-state index in [0.717, 1.165) is 25.1 Å². The molecule has 2 heterocycles. The lowest BCUT2D eigenvalue weighted by molar-refractivity contribution is -0.137. The zero-order valence-electron chi connectivity index (χ0n) is 18.5. The lowest BCUT2D eigenvalue weighted by Crippen LogP contribution is -2.49. The Kier molecular flexibility index (Phi) is 10.2. The Hall–Kier alpha value is -1.52. The van der Waals surface area contributed by atoms with E-state index in [2.05, 4.69) is 9.88 Å². The van der Waals surface area contributed by atoms with Gasteiger partial charge >= 0.3 is 0 Å². The summed E-state index contributed by atoms with van der Waals surface area (Å²) in [4.78, 5) is 21.0. The second kappa shape index (κ2) is 12.4. The molecule has 3 N–H and O–H groups in total. The van der Waals surface area contributed by atoms with Gasteiger partial charge in [0.25, 0.3) is 0 Å². The smallest absolute Gasteiger partial charge is 0.222 e. The highest BCUT2D eigenvalue weighted by atomic mass is 16.5. The van der Waals surface area contributed by atoms with E-state index in [0.29, 0.717) is 32.7 Å². The summed E-state index contributed by atoms with van der Waals surface area (Å²) in [5, 5.41) is 30.8. The number of imidazole rings is 1. The highest BCUT2D eigenvalue weighted by Crippen LogP contribution is 2.11. The first-order chi connectivity index (χ1) is 14.3. The van der Waals surface area contributed by atoms with Gasteiger partial charge in [-0.2, -0.15) is 0 Å². The van der Waals surface area contributed by atoms with Gasteiger partial charge in [0, 0.05) is 52.5 Å². The quantitative estimate of drug-likeness (QED) is 0.621. The van der Waals surface area contributed by atoms with Crippen LogP contribution in [0.25, 0.3) is 0 Å². The number of aliphatic hydroxyl groups is 3. The summed E-state index contributed by atoms with van der Waals surface area (Å²) in [5.74, 6) is 0.128. The Morgan fingerprint density at radius 2 is 1.97 bits per heavy atom. The molecule has 1 aromatic rings. The van der Waals surface area contributed by atoms with Gasteiger partial charge in [-0.15, -0.1) is 0 Å². The second-order valence-electron chi connectivity index (χ2n) is 8.65. The van der Waals surface area contributed by atoms with Crippen molar-refractivity contribution in [1.29, 1.82) is 0 Å². The summed E-state index contributed by atoms with van der Waals surface area (Å²) in [5.41, 5.74) is 0.966. The molecule has 1 aliphatic heterocycles. The summed E-state index contributed by atoms with van der Waals surface area (Å²) in [7, 11) is 1.93.